The summed E-state index contributed by atoms with van der Waals surface area (Å²) >= 11 is 0. The Kier molecular flexibility index (Phi) is 6.65. The number of rotatable bonds is 7. The first-order chi connectivity index (χ1) is 14.6. The molecule has 162 valence electrons. The molecule has 0 bridgehead atoms. The van der Waals surface area contributed by atoms with Gasteiger partial charge in [-0.25, -0.2) is 22.0 Å². The number of nitrogens with one attached hydrogen (secondary N) is 2. The molecule has 0 aliphatic heterocycles. The SMILES string of the molecule is CC(F)(F)c1cccc(CS(=O)(=O)c2ccc(NC(=O)NCc3cccnc3)cc2)c1. The van der Waals surface area contributed by atoms with E-state index in [-0.39, 0.29) is 16.0 Å². The van der Waals surface area contributed by atoms with Crippen molar-refractivity contribution in [1.29, 1.82) is 0 Å². The maximum Gasteiger partial charge on any atom is 0.319 e. The summed E-state index contributed by atoms with van der Waals surface area (Å²) in [6.45, 7) is 1.06. The average Bonchev–Trinajstić information content (AvgIpc) is 2.73. The van der Waals surface area contributed by atoms with Crippen LogP contribution in [0.2, 0.25) is 0 Å². The molecule has 0 atom stereocenters. The molecule has 0 fully saturated rings. The Morgan fingerprint density at radius 1 is 1.03 bits per heavy atom. The van der Waals surface area contributed by atoms with Crippen LogP contribution in [0.3, 0.4) is 0 Å². The van der Waals surface area contributed by atoms with Crippen molar-refractivity contribution >= 4 is 21.6 Å². The van der Waals surface area contributed by atoms with Gasteiger partial charge in [-0.2, -0.15) is 0 Å². The molecule has 0 aliphatic rings. The van der Waals surface area contributed by atoms with Crippen LogP contribution in [0.15, 0.2) is 78.0 Å². The topological polar surface area (TPSA) is 88.2 Å². The summed E-state index contributed by atoms with van der Waals surface area (Å²) in [7, 11) is -3.75. The summed E-state index contributed by atoms with van der Waals surface area (Å²) in [6, 6.07) is 14.2. The predicted molar refractivity (Wildman–Crippen MR) is 113 cm³/mol. The Labute approximate surface area is 179 Å². The Bertz CT molecular complexity index is 1150. The molecular weight excluding hydrogens is 424 g/mol. The van der Waals surface area contributed by atoms with Crippen molar-refractivity contribution < 1.29 is 22.0 Å². The first-order valence-corrected chi connectivity index (χ1v) is 11.0. The molecule has 0 saturated heterocycles. The molecule has 1 aromatic heterocycles. The molecule has 0 saturated carbocycles. The second-order valence-corrected chi connectivity index (χ2v) is 9.03. The van der Waals surface area contributed by atoms with Crippen LogP contribution in [0.1, 0.15) is 23.6 Å². The van der Waals surface area contributed by atoms with E-state index in [4.69, 9.17) is 0 Å². The third-order valence-corrected chi connectivity index (χ3v) is 6.14. The summed E-state index contributed by atoms with van der Waals surface area (Å²) in [4.78, 5) is 16.0. The second-order valence-electron chi connectivity index (χ2n) is 7.04. The molecule has 2 aromatic carbocycles. The highest BCUT2D eigenvalue weighted by Crippen LogP contribution is 2.28. The fourth-order valence-electron chi connectivity index (χ4n) is 2.84. The molecule has 3 rings (SSSR count). The highest BCUT2D eigenvalue weighted by Gasteiger charge is 2.25. The van der Waals surface area contributed by atoms with E-state index in [0.29, 0.717) is 12.2 Å². The van der Waals surface area contributed by atoms with Gasteiger partial charge in [0.05, 0.1) is 10.6 Å². The van der Waals surface area contributed by atoms with Gasteiger partial charge in [0, 0.05) is 37.1 Å². The zero-order chi connectivity index (χ0) is 22.5. The summed E-state index contributed by atoms with van der Waals surface area (Å²) in [6.07, 6.45) is 3.27. The van der Waals surface area contributed by atoms with E-state index >= 15 is 0 Å². The Balaban J connectivity index is 1.63. The van der Waals surface area contributed by atoms with Crippen molar-refractivity contribution in [2.75, 3.05) is 5.32 Å². The quantitative estimate of drug-likeness (QED) is 0.561. The van der Waals surface area contributed by atoms with Gasteiger partial charge in [-0.3, -0.25) is 4.98 Å². The monoisotopic (exact) mass is 445 g/mol. The minimum Gasteiger partial charge on any atom is -0.334 e. The minimum atomic E-state index is -3.75. The zero-order valence-corrected chi connectivity index (χ0v) is 17.5. The maximum absolute atomic E-state index is 13.5. The van der Waals surface area contributed by atoms with E-state index in [2.05, 4.69) is 15.6 Å². The number of sulfone groups is 1. The minimum absolute atomic E-state index is 0.0301. The number of aromatic nitrogens is 1. The lowest BCUT2D eigenvalue weighted by Crippen LogP contribution is -2.28. The number of alkyl halides is 2. The van der Waals surface area contributed by atoms with Gasteiger partial charge in [0.2, 0.25) is 0 Å². The first-order valence-electron chi connectivity index (χ1n) is 9.37. The van der Waals surface area contributed by atoms with Crippen molar-refractivity contribution in [3.63, 3.8) is 0 Å². The number of carbonyl (C=O) groups excluding carboxylic acids is 1. The summed E-state index contributed by atoms with van der Waals surface area (Å²) < 4.78 is 52.3. The predicted octanol–water partition coefficient (Wildman–Crippen LogP) is 4.49. The van der Waals surface area contributed by atoms with Crippen molar-refractivity contribution in [3.05, 3.63) is 89.7 Å². The van der Waals surface area contributed by atoms with Gasteiger partial charge in [-0.1, -0.05) is 24.3 Å². The number of nitrogens with zero attached hydrogens (tertiary/aromatic N) is 1. The molecule has 2 N–H and O–H groups in total. The molecule has 0 unspecified atom stereocenters. The lowest BCUT2D eigenvalue weighted by molar-refractivity contribution is 0.0174. The molecule has 0 spiro atoms. The van der Waals surface area contributed by atoms with Crippen LogP contribution in [-0.2, 0) is 28.1 Å². The highest BCUT2D eigenvalue weighted by atomic mass is 32.2. The third kappa shape index (κ3) is 6.32. The standard InChI is InChI=1S/C22H21F2N3O3S/c1-22(23,24)18-6-2-4-16(12-18)15-31(29,30)20-9-7-19(8-10-20)27-21(28)26-14-17-5-3-11-25-13-17/h2-13H,14-15H2,1H3,(H2,26,27,28). The Morgan fingerprint density at radius 2 is 1.74 bits per heavy atom. The molecule has 1 heterocycles. The van der Waals surface area contributed by atoms with Crippen molar-refractivity contribution in [2.24, 2.45) is 0 Å². The number of amides is 2. The van der Waals surface area contributed by atoms with E-state index < -0.39 is 27.5 Å². The maximum atomic E-state index is 13.5. The molecular formula is C22H21F2N3O3S. The highest BCUT2D eigenvalue weighted by molar-refractivity contribution is 7.90. The summed E-state index contributed by atoms with van der Waals surface area (Å²) in [5, 5.41) is 5.29. The number of carbonyl (C=O) groups is 1. The fraction of sp³-hybridized carbons (Fsp3) is 0.182. The van der Waals surface area contributed by atoms with Crippen molar-refractivity contribution in [1.82, 2.24) is 10.3 Å². The van der Waals surface area contributed by atoms with E-state index in [1.807, 2.05) is 6.07 Å². The van der Waals surface area contributed by atoms with Gasteiger partial charge in [0.1, 0.15) is 0 Å². The van der Waals surface area contributed by atoms with Crippen molar-refractivity contribution in [3.8, 4) is 0 Å². The molecule has 9 heteroatoms. The lowest BCUT2D eigenvalue weighted by atomic mass is 10.1. The molecule has 31 heavy (non-hydrogen) atoms. The molecule has 2 amide bonds. The van der Waals surface area contributed by atoms with Crippen molar-refractivity contribution in [2.45, 2.75) is 30.0 Å². The Morgan fingerprint density at radius 3 is 2.39 bits per heavy atom. The number of halogens is 2. The van der Waals surface area contributed by atoms with E-state index in [9.17, 15) is 22.0 Å². The van der Waals surface area contributed by atoms with Gasteiger partial charge in [0.15, 0.2) is 9.84 Å². The molecule has 6 nitrogen and oxygen atoms in total. The number of hydrogen-bond donors (Lipinski definition) is 2. The van der Waals surface area contributed by atoms with Crippen LogP contribution >= 0.6 is 0 Å². The number of pyridine rings is 1. The number of anilines is 1. The lowest BCUT2D eigenvalue weighted by Gasteiger charge is -2.12. The van der Waals surface area contributed by atoms with Gasteiger partial charge in [-0.05, 0) is 47.5 Å². The number of benzene rings is 2. The van der Waals surface area contributed by atoms with Gasteiger partial charge in [0.25, 0.3) is 5.92 Å². The Hall–Kier alpha value is -3.33. The zero-order valence-electron chi connectivity index (χ0n) is 16.7. The first kappa shape index (κ1) is 22.4. The summed E-state index contributed by atoms with van der Waals surface area (Å²) in [5.74, 6) is -3.46. The molecule has 3 aromatic rings. The molecule has 0 aliphatic carbocycles. The number of hydrogen-bond acceptors (Lipinski definition) is 4. The van der Waals surface area contributed by atoms with Crippen LogP contribution in [0.25, 0.3) is 0 Å². The number of urea groups is 1. The third-order valence-electron chi connectivity index (χ3n) is 4.44. The largest absolute Gasteiger partial charge is 0.334 e. The second kappa shape index (κ2) is 9.22. The van der Waals surface area contributed by atoms with Gasteiger partial charge in [-0.15, -0.1) is 0 Å². The van der Waals surface area contributed by atoms with Gasteiger partial charge >= 0.3 is 6.03 Å². The van der Waals surface area contributed by atoms with Crippen LogP contribution in [0, 0.1) is 0 Å². The fourth-order valence-corrected chi connectivity index (χ4v) is 4.18. The molecule has 0 radical (unpaired) electrons. The smallest absolute Gasteiger partial charge is 0.319 e. The van der Waals surface area contributed by atoms with Crippen LogP contribution in [-0.4, -0.2) is 19.4 Å². The van der Waals surface area contributed by atoms with E-state index in [1.54, 1.807) is 18.5 Å². The van der Waals surface area contributed by atoms with Crippen LogP contribution in [0.4, 0.5) is 19.3 Å². The van der Waals surface area contributed by atoms with E-state index in [1.165, 1.54) is 48.5 Å². The van der Waals surface area contributed by atoms with E-state index in [0.717, 1.165) is 12.5 Å². The average molecular weight is 445 g/mol. The normalized spacial score (nSPS) is 11.7. The van der Waals surface area contributed by atoms with Crippen LogP contribution in [0.5, 0.6) is 0 Å². The summed E-state index contributed by atoms with van der Waals surface area (Å²) in [5.41, 5.74) is 1.28. The van der Waals surface area contributed by atoms with Gasteiger partial charge < -0.3 is 10.6 Å². The van der Waals surface area contributed by atoms with Crippen LogP contribution < -0.4 is 10.6 Å².